The smallest absolute Gasteiger partial charge is 0.191 e. The van der Waals surface area contributed by atoms with E-state index in [0.29, 0.717) is 6.61 Å². The number of nitrogens with one attached hydrogen (secondary N) is 2. The van der Waals surface area contributed by atoms with Gasteiger partial charge in [-0.05, 0) is 24.9 Å². The molecule has 2 rings (SSSR count). The van der Waals surface area contributed by atoms with Gasteiger partial charge in [-0.3, -0.25) is 9.89 Å². The largest absolute Gasteiger partial charge is 0.383 e. The molecule has 7 heteroatoms. The van der Waals surface area contributed by atoms with Crippen molar-refractivity contribution in [2.45, 2.75) is 19.4 Å². The second-order valence-corrected chi connectivity index (χ2v) is 6.73. The maximum Gasteiger partial charge on any atom is 0.191 e. The minimum absolute atomic E-state index is 0. The Morgan fingerprint density at radius 2 is 1.67 bits per heavy atom. The van der Waals surface area contributed by atoms with E-state index in [1.165, 1.54) is 44.7 Å². The van der Waals surface area contributed by atoms with Crippen LogP contribution in [0, 0.1) is 0 Å². The number of piperazine rings is 1. The number of benzene rings is 1. The predicted octanol–water partition coefficient (Wildman–Crippen LogP) is 2.01. The second-order valence-electron chi connectivity index (χ2n) is 6.73. The number of hydrogen-bond donors (Lipinski definition) is 2. The van der Waals surface area contributed by atoms with Gasteiger partial charge in [0, 0.05) is 60.0 Å². The highest BCUT2D eigenvalue weighted by molar-refractivity contribution is 14.0. The van der Waals surface area contributed by atoms with Crippen LogP contribution in [0.1, 0.15) is 18.4 Å². The van der Waals surface area contributed by atoms with Crippen LogP contribution in [0.25, 0.3) is 0 Å². The van der Waals surface area contributed by atoms with E-state index < -0.39 is 0 Å². The standard InChI is InChI=1S/C20H35N5O.HI/c1-21-20(23-11-17-26-2)22-10-6-7-12-24-13-15-25(16-14-24)18-19-8-4-3-5-9-19;/h3-5,8-9H,6-7,10-18H2,1-2H3,(H2,21,22,23);1H. The van der Waals surface area contributed by atoms with Gasteiger partial charge in [0.2, 0.25) is 0 Å². The molecule has 1 aromatic rings. The Kier molecular flexibility index (Phi) is 13.5. The van der Waals surface area contributed by atoms with Gasteiger partial charge in [0.05, 0.1) is 6.61 Å². The van der Waals surface area contributed by atoms with Crippen LogP contribution in [0.15, 0.2) is 35.3 Å². The summed E-state index contributed by atoms with van der Waals surface area (Å²) in [5.41, 5.74) is 1.42. The molecule has 2 N–H and O–H groups in total. The number of hydrogen-bond acceptors (Lipinski definition) is 4. The number of halogens is 1. The highest BCUT2D eigenvalue weighted by atomic mass is 127. The summed E-state index contributed by atoms with van der Waals surface area (Å²) in [7, 11) is 3.51. The van der Waals surface area contributed by atoms with E-state index in [1.807, 2.05) is 0 Å². The molecule has 0 unspecified atom stereocenters. The molecule has 0 amide bonds. The molecule has 1 fully saturated rings. The number of methoxy groups -OCH3 is 1. The lowest BCUT2D eigenvalue weighted by atomic mass is 10.2. The van der Waals surface area contributed by atoms with Gasteiger partial charge in [-0.2, -0.15) is 0 Å². The summed E-state index contributed by atoms with van der Waals surface area (Å²) >= 11 is 0. The molecular weight excluding hydrogens is 453 g/mol. The molecular formula is C20H36IN5O. The summed E-state index contributed by atoms with van der Waals surface area (Å²) in [6.45, 7) is 9.40. The van der Waals surface area contributed by atoms with E-state index in [2.05, 4.69) is 55.8 Å². The summed E-state index contributed by atoms with van der Waals surface area (Å²) in [5, 5.41) is 6.59. The first kappa shape index (κ1) is 24.1. The lowest BCUT2D eigenvalue weighted by Gasteiger charge is -2.34. The van der Waals surface area contributed by atoms with Crippen molar-refractivity contribution in [3.8, 4) is 0 Å². The quantitative estimate of drug-likeness (QED) is 0.228. The maximum atomic E-state index is 5.03. The topological polar surface area (TPSA) is 52.1 Å². The third-order valence-electron chi connectivity index (χ3n) is 4.73. The molecule has 1 aliphatic heterocycles. The third-order valence-corrected chi connectivity index (χ3v) is 4.73. The third kappa shape index (κ3) is 10.3. The normalized spacial score (nSPS) is 16.0. The maximum absolute atomic E-state index is 5.03. The van der Waals surface area contributed by atoms with Gasteiger partial charge in [0.25, 0.3) is 0 Å². The fourth-order valence-corrected chi connectivity index (χ4v) is 3.17. The average molecular weight is 489 g/mol. The van der Waals surface area contributed by atoms with Crippen molar-refractivity contribution in [2.24, 2.45) is 4.99 Å². The van der Waals surface area contributed by atoms with Crippen LogP contribution in [-0.4, -0.2) is 82.3 Å². The molecule has 1 aliphatic rings. The van der Waals surface area contributed by atoms with Crippen LogP contribution in [-0.2, 0) is 11.3 Å². The fraction of sp³-hybridized carbons (Fsp3) is 0.650. The van der Waals surface area contributed by atoms with Crippen molar-refractivity contribution < 1.29 is 4.74 Å². The average Bonchev–Trinajstić information content (AvgIpc) is 2.68. The van der Waals surface area contributed by atoms with Gasteiger partial charge < -0.3 is 20.3 Å². The van der Waals surface area contributed by atoms with Crippen LogP contribution in [0.5, 0.6) is 0 Å². The molecule has 0 saturated carbocycles. The molecule has 27 heavy (non-hydrogen) atoms. The number of nitrogens with zero attached hydrogens (tertiary/aromatic N) is 3. The first-order valence-corrected chi connectivity index (χ1v) is 9.74. The van der Waals surface area contributed by atoms with E-state index in [1.54, 1.807) is 14.2 Å². The Balaban J connectivity index is 0.00000364. The van der Waals surface area contributed by atoms with Crippen LogP contribution < -0.4 is 10.6 Å². The van der Waals surface area contributed by atoms with Crippen molar-refractivity contribution in [1.29, 1.82) is 0 Å². The Morgan fingerprint density at radius 3 is 2.33 bits per heavy atom. The monoisotopic (exact) mass is 489 g/mol. The van der Waals surface area contributed by atoms with Gasteiger partial charge in [-0.1, -0.05) is 30.3 Å². The Bertz CT molecular complexity index is 506. The van der Waals surface area contributed by atoms with Crippen LogP contribution in [0.4, 0.5) is 0 Å². The zero-order valence-corrected chi connectivity index (χ0v) is 19.2. The zero-order chi connectivity index (χ0) is 18.5. The molecule has 0 aliphatic carbocycles. The number of aliphatic imine (C=N–C) groups is 1. The van der Waals surface area contributed by atoms with Gasteiger partial charge in [0.1, 0.15) is 0 Å². The summed E-state index contributed by atoms with van der Waals surface area (Å²) in [5.74, 6) is 0.858. The molecule has 1 saturated heterocycles. The Morgan fingerprint density at radius 1 is 1.00 bits per heavy atom. The van der Waals surface area contributed by atoms with E-state index in [9.17, 15) is 0 Å². The fourth-order valence-electron chi connectivity index (χ4n) is 3.17. The van der Waals surface area contributed by atoms with Crippen molar-refractivity contribution in [3.05, 3.63) is 35.9 Å². The Labute approximate surface area is 181 Å². The van der Waals surface area contributed by atoms with E-state index in [-0.39, 0.29) is 24.0 Å². The van der Waals surface area contributed by atoms with Crippen molar-refractivity contribution in [1.82, 2.24) is 20.4 Å². The van der Waals surface area contributed by atoms with Gasteiger partial charge in [-0.25, -0.2) is 0 Å². The van der Waals surface area contributed by atoms with Crippen molar-refractivity contribution >= 4 is 29.9 Å². The molecule has 0 atom stereocenters. The minimum atomic E-state index is 0. The molecule has 0 spiro atoms. The molecule has 154 valence electrons. The lowest BCUT2D eigenvalue weighted by molar-refractivity contribution is 0.126. The first-order valence-electron chi connectivity index (χ1n) is 9.74. The summed E-state index contributed by atoms with van der Waals surface area (Å²) in [6.07, 6.45) is 2.38. The molecule has 1 heterocycles. The molecule has 6 nitrogen and oxygen atoms in total. The molecule has 1 aromatic carbocycles. The van der Waals surface area contributed by atoms with Crippen molar-refractivity contribution in [3.63, 3.8) is 0 Å². The van der Waals surface area contributed by atoms with E-state index >= 15 is 0 Å². The van der Waals surface area contributed by atoms with Gasteiger partial charge >= 0.3 is 0 Å². The SMILES string of the molecule is CN=C(NCCCCN1CCN(Cc2ccccc2)CC1)NCCOC.I. The van der Waals surface area contributed by atoms with E-state index in [0.717, 1.165) is 32.0 Å². The number of ether oxygens (including phenoxy) is 1. The molecule has 0 radical (unpaired) electrons. The Hall–Kier alpha value is -0.900. The number of guanidine groups is 1. The summed E-state index contributed by atoms with van der Waals surface area (Å²) in [6, 6.07) is 10.8. The molecule has 0 bridgehead atoms. The highest BCUT2D eigenvalue weighted by Gasteiger charge is 2.16. The van der Waals surface area contributed by atoms with Crippen LogP contribution in [0.3, 0.4) is 0 Å². The van der Waals surface area contributed by atoms with E-state index in [4.69, 9.17) is 4.74 Å². The predicted molar refractivity (Wildman–Crippen MR) is 124 cm³/mol. The van der Waals surface area contributed by atoms with Crippen LogP contribution >= 0.6 is 24.0 Å². The van der Waals surface area contributed by atoms with Crippen molar-refractivity contribution in [2.75, 3.05) is 66.6 Å². The van der Waals surface area contributed by atoms with Crippen LogP contribution in [0.2, 0.25) is 0 Å². The highest BCUT2D eigenvalue weighted by Crippen LogP contribution is 2.08. The number of rotatable bonds is 10. The lowest BCUT2D eigenvalue weighted by Crippen LogP contribution is -2.46. The first-order chi connectivity index (χ1) is 12.8. The number of unbranched alkanes of at least 4 members (excludes halogenated alkanes) is 1. The van der Waals surface area contributed by atoms with Gasteiger partial charge in [-0.15, -0.1) is 24.0 Å². The zero-order valence-electron chi connectivity index (χ0n) is 16.8. The summed E-state index contributed by atoms with van der Waals surface area (Å²) in [4.78, 5) is 9.36. The molecule has 0 aromatic heterocycles. The minimum Gasteiger partial charge on any atom is -0.383 e. The second kappa shape index (κ2) is 15.1. The summed E-state index contributed by atoms with van der Waals surface area (Å²) < 4.78 is 5.03. The van der Waals surface area contributed by atoms with Gasteiger partial charge in [0.15, 0.2) is 5.96 Å².